The van der Waals surface area contributed by atoms with E-state index in [9.17, 15) is 9.59 Å². The molecular formula is C15H14Cl2N4O2. The molecule has 3 rings (SSSR count). The molecule has 2 heterocycles. The minimum atomic E-state index is -0.185. The average molecular weight is 353 g/mol. The number of benzene rings is 1. The minimum absolute atomic E-state index is 0.137. The normalized spacial score (nSPS) is 13.8. The van der Waals surface area contributed by atoms with Crippen molar-refractivity contribution in [1.29, 1.82) is 0 Å². The van der Waals surface area contributed by atoms with Gasteiger partial charge in [0.15, 0.2) is 0 Å². The van der Waals surface area contributed by atoms with E-state index >= 15 is 0 Å². The maximum atomic E-state index is 12.6. The molecule has 1 aromatic heterocycles. The first kappa shape index (κ1) is 15.8. The van der Waals surface area contributed by atoms with Crippen LogP contribution in [0.4, 0.5) is 5.95 Å². The fourth-order valence-corrected chi connectivity index (χ4v) is 2.88. The second-order valence-corrected chi connectivity index (χ2v) is 6.18. The molecule has 1 aliphatic rings. The summed E-state index contributed by atoms with van der Waals surface area (Å²) in [6.07, 6.45) is 0.447. The topological polar surface area (TPSA) is 81.2 Å². The predicted molar refractivity (Wildman–Crippen MR) is 88.8 cm³/mol. The maximum Gasteiger partial charge on any atom is 0.258 e. The number of nitrogens with zero attached hydrogens (tertiary/aromatic N) is 3. The molecule has 0 saturated carbocycles. The molecule has 1 aromatic carbocycles. The molecule has 2 aromatic rings. The highest BCUT2D eigenvalue weighted by molar-refractivity contribution is 6.42. The fourth-order valence-electron chi connectivity index (χ4n) is 2.58. The molecule has 0 fully saturated rings. The van der Waals surface area contributed by atoms with Crippen molar-refractivity contribution in [2.45, 2.75) is 13.0 Å². The molecule has 1 aliphatic heterocycles. The summed E-state index contributed by atoms with van der Waals surface area (Å²) in [4.78, 5) is 30.6. The first-order chi connectivity index (χ1) is 10.9. The van der Waals surface area contributed by atoms with Gasteiger partial charge in [-0.1, -0.05) is 23.2 Å². The van der Waals surface area contributed by atoms with Crippen LogP contribution in [0.1, 0.15) is 21.6 Å². The molecule has 0 aliphatic carbocycles. The molecule has 0 unspecified atom stereocenters. The molecule has 0 saturated heterocycles. The number of hydrogen-bond donors (Lipinski definition) is 1. The van der Waals surface area contributed by atoms with E-state index in [1.165, 1.54) is 10.6 Å². The van der Waals surface area contributed by atoms with Gasteiger partial charge in [0, 0.05) is 24.7 Å². The van der Waals surface area contributed by atoms with Gasteiger partial charge in [-0.25, -0.2) is 4.98 Å². The van der Waals surface area contributed by atoms with E-state index in [1.54, 1.807) is 24.1 Å². The highest BCUT2D eigenvalue weighted by atomic mass is 35.5. The first-order valence-corrected chi connectivity index (χ1v) is 7.72. The SMILES string of the molecule is Cn1c(N)nc2c(c1=O)CCN(C(=O)c1ccc(Cl)c(Cl)c1)C2. The quantitative estimate of drug-likeness (QED) is 0.849. The summed E-state index contributed by atoms with van der Waals surface area (Å²) in [6.45, 7) is 0.682. The summed E-state index contributed by atoms with van der Waals surface area (Å²) in [7, 11) is 1.58. The van der Waals surface area contributed by atoms with Gasteiger partial charge in [0.2, 0.25) is 5.95 Å². The lowest BCUT2D eigenvalue weighted by Gasteiger charge is -2.28. The third-order valence-electron chi connectivity index (χ3n) is 3.93. The van der Waals surface area contributed by atoms with Crippen LogP contribution in [-0.2, 0) is 20.0 Å². The number of fused-ring (bicyclic) bond motifs is 1. The van der Waals surface area contributed by atoms with Crippen molar-refractivity contribution in [2.75, 3.05) is 12.3 Å². The van der Waals surface area contributed by atoms with Crippen LogP contribution < -0.4 is 11.3 Å². The standard InChI is InChI=1S/C15H14Cl2N4O2/c1-20-14(23)9-4-5-21(7-12(9)19-15(20)18)13(22)8-2-3-10(16)11(17)6-8/h2-3,6H,4-5,7H2,1H3,(H2,18,19). The maximum absolute atomic E-state index is 12.6. The Hall–Kier alpha value is -2.05. The first-order valence-electron chi connectivity index (χ1n) is 6.97. The van der Waals surface area contributed by atoms with Crippen LogP contribution >= 0.6 is 23.2 Å². The lowest BCUT2D eigenvalue weighted by molar-refractivity contribution is 0.0731. The molecule has 23 heavy (non-hydrogen) atoms. The van der Waals surface area contributed by atoms with E-state index in [2.05, 4.69) is 4.98 Å². The summed E-state index contributed by atoms with van der Waals surface area (Å²) in [5.74, 6) is -0.0483. The Morgan fingerprint density at radius 3 is 2.74 bits per heavy atom. The number of carbonyl (C=O) groups is 1. The van der Waals surface area contributed by atoms with Gasteiger partial charge >= 0.3 is 0 Å². The molecule has 0 radical (unpaired) electrons. The summed E-state index contributed by atoms with van der Waals surface area (Å²) >= 11 is 11.8. The van der Waals surface area contributed by atoms with Gasteiger partial charge in [0.1, 0.15) is 0 Å². The average Bonchev–Trinajstić information content (AvgIpc) is 2.54. The number of anilines is 1. The van der Waals surface area contributed by atoms with Gasteiger partial charge in [0.25, 0.3) is 11.5 Å². The second-order valence-electron chi connectivity index (χ2n) is 5.37. The van der Waals surface area contributed by atoms with Crippen molar-refractivity contribution in [2.24, 2.45) is 7.05 Å². The van der Waals surface area contributed by atoms with E-state index in [4.69, 9.17) is 28.9 Å². The third-order valence-corrected chi connectivity index (χ3v) is 4.67. The van der Waals surface area contributed by atoms with E-state index in [0.29, 0.717) is 39.8 Å². The van der Waals surface area contributed by atoms with E-state index in [0.717, 1.165) is 0 Å². The Labute approximate surface area is 142 Å². The molecular weight excluding hydrogens is 339 g/mol. The van der Waals surface area contributed by atoms with Crippen LogP contribution in [-0.4, -0.2) is 26.9 Å². The highest BCUT2D eigenvalue weighted by Crippen LogP contribution is 2.24. The van der Waals surface area contributed by atoms with Gasteiger partial charge in [-0.15, -0.1) is 0 Å². The zero-order chi connectivity index (χ0) is 16.7. The molecule has 2 N–H and O–H groups in total. The smallest absolute Gasteiger partial charge is 0.258 e. The van der Waals surface area contributed by atoms with Crippen LogP contribution in [0.5, 0.6) is 0 Å². The number of carbonyl (C=O) groups excluding carboxylic acids is 1. The van der Waals surface area contributed by atoms with Crippen LogP contribution in [0.2, 0.25) is 10.0 Å². The lowest BCUT2D eigenvalue weighted by Crippen LogP contribution is -2.40. The van der Waals surface area contributed by atoms with Crippen molar-refractivity contribution < 1.29 is 4.79 Å². The molecule has 8 heteroatoms. The Morgan fingerprint density at radius 2 is 2.04 bits per heavy atom. The van der Waals surface area contributed by atoms with Crippen LogP contribution in [0, 0.1) is 0 Å². The van der Waals surface area contributed by atoms with Crippen molar-refractivity contribution in [3.05, 3.63) is 55.4 Å². The Bertz CT molecular complexity index is 863. The van der Waals surface area contributed by atoms with Crippen LogP contribution in [0.15, 0.2) is 23.0 Å². The number of halogens is 2. The summed E-state index contributed by atoms with van der Waals surface area (Å²) in [5, 5.41) is 0.719. The van der Waals surface area contributed by atoms with Crippen molar-refractivity contribution in [1.82, 2.24) is 14.5 Å². The Morgan fingerprint density at radius 1 is 1.30 bits per heavy atom. The van der Waals surface area contributed by atoms with E-state index in [-0.39, 0.29) is 24.0 Å². The Kier molecular flexibility index (Phi) is 4.04. The summed E-state index contributed by atoms with van der Waals surface area (Å²) in [6, 6.07) is 4.74. The zero-order valence-electron chi connectivity index (χ0n) is 12.3. The molecule has 0 spiro atoms. The zero-order valence-corrected chi connectivity index (χ0v) is 13.9. The second kappa shape index (κ2) is 5.86. The monoisotopic (exact) mass is 352 g/mol. The molecule has 6 nitrogen and oxygen atoms in total. The Balaban J connectivity index is 1.91. The predicted octanol–water partition coefficient (Wildman–Crippen LogP) is 1.87. The number of nitrogens with two attached hydrogens (primary N) is 1. The van der Waals surface area contributed by atoms with Gasteiger partial charge in [-0.05, 0) is 24.6 Å². The van der Waals surface area contributed by atoms with Crippen LogP contribution in [0.25, 0.3) is 0 Å². The fraction of sp³-hybridized carbons (Fsp3) is 0.267. The lowest BCUT2D eigenvalue weighted by atomic mass is 10.1. The summed E-state index contributed by atoms with van der Waals surface area (Å²) in [5.41, 5.74) is 7.17. The number of hydrogen-bond acceptors (Lipinski definition) is 4. The number of nitrogen functional groups attached to an aromatic ring is 1. The molecule has 0 bridgehead atoms. The van der Waals surface area contributed by atoms with Gasteiger partial charge in [-0.2, -0.15) is 0 Å². The van der Waals surface area contributed by atoms with Crippen molar-refractivity contribution >= 4 is 35.1 Å². The highest BCUT2D eigenvalue weighted by Gasteiger charge is 2.26. The van der Waals surface area contributed by atoms with E-state index in [1.807, 2.05) is 0 Å². The molecule has 1 amide bonds. The van der Waals surface area contributed by atoms with Gasteiger partial charge in [-0.3, -0.25) is 14.2 Å². The van der Waals surface area contributed by atoms with E-state index < -0.39 is 0 Å². The third kappa shape index (κ3) is 2.80. The summed E-state index contributed by atoms with van der Waals surface area (Å²) < 4.78 is 1.31. The number of rotatable bonds is 1. The van der Waals surface area contributed by atoms with Crippen molar-refractivity contribution in [3.8, 4) is 0 Å². The largest absolute Gasteiger partial charge is 0.369 e. The van der Waals surface area contributed by atoms with Gasteiger partial charge in [0.05, 0.1) is 22.3 Å². The number of aromatic nitrogens is 2. The number of amides is 1. The minimum Gasteiger partial charge on any atom is -0.369 e. The van der Waals surface area contributed by atoms with Crippen molar-refractivity contribution in [3.63, 3.8) is 0 Å². The van der Waals surface area contributed by atoms with Gasteiger partial charge < -0.3 is 10.6 Å². The molecule has 120 valence electrons. The molecule has 0 atom stereocenters. The van der Waals surface area contributed by atoms with Crippen LogP contribution in [0.3, 0.4) is 0 Å².